The van der Waals surface area contributed by atoms with Gasteiger partial charge in [0.1, 0.15) is 6.33 Å². The zero-order chi connectivity index (χ0) is 12.0. The standard InChI is InChI=1S/C11H15N3.2FH.H2OS/c1-3-13(4-2)14-9-12-10-7-5-6-8-11(10)14;;;1-2/h5-9H,3-4H2,1-2H3;2*1H;2H2. The molecule has 0 spiro atoms. The van der Waals surface area contributed by atoms with Crippen LogP contribution in [0.1, 0.15) is 13.8 Å². The van der Waals surface area contributed by atoms with E-state index in [1.54, 1.807) is 12.5 Å². The lowest BCUT2D eigenvalue weighted by atomic mass is 10.3. The van der Waals surface area contributed by atoms with Gasteiger partial charge < -0.3 is 5.01 Å². The van der Waals surface area contributed by atoms with Crippen molar-refractivity contribution in [3.8, 4) is 0 Å². The van der Waals surface area contributed by atoms with Crippen LogP contribution in [0, 0.1) is 0 Å². The zero-order valence-electron chi connectivity index (χ0n) is 10.4. The first-order valence-electron chi connectivity index (χ1n) is 5.24. The maximum absolute atomic E-state index is 8.06. The maximum Gasteiger partial charge on any atom is 0.116 e. The number of para-hydroxylation sites is 2. The van der Waals surface area contributed by atoms with Crippen molar-refractivity contribution >= 4 is 23.6 Å². The van der Waals surface area contributed by atoms with Crippen LogP contribution >= 0.6 is 0 Å². The van der Waals surface area contributed by atoms with E-state index in [1.165, 1.54) is 5.52 Å². The van der Waals surface area contributed by atoms with E-state index in [4.69, 9.17) is 4.21 Å². The van der Waals surface area contributed by atoms with Crippen molar-refractivity contribution in [2.45, 2.75) is 13.8 Å². The van der Waals surface area contributed by atoms with Crippen LogP contribution in [-0.4, -0.2) is 27.0 Å². The molecular weight excluding hydrogens is 260 g/mol. The predicted octanol–water partition coefficient (Wildman–Crippen LogP) is 1.45. The molecule has 2 rings (SSSR count). The normalized spacial score (nSPS) is 8.61. The van der Waals surface area contributed by atoms with Gasteiger partial charge in [0.15, 0.2) is 0 Å². The fraction of sp³-hybridized carbons (Fsp3) is 0.364. The van der Waals surface area contributed by atoms with Crippen LogP contribution in [-0.2, 0) is 12.5 Å². The van der Waals surface area contributed by atoms with E-state index >= 15 is 0 Å². The van der Waals surface area contributed by atoms with Crippen LogP contribution in [0.25, 0.3) is 11.0 Å². The summed E-state index contributed by atoms with van der Waals surface area (Å²) in [5.74, 6) is 0. The van der Waals surface area contributed by atoms with Gasteiger partial charge in [-0.3, -0.25) is 13.6 Å². The number of rotatable bonds is 3. The molecule has 1 aromatic carbocycles. The Morgan fingerprint density at radius 1 is 1.17 bits per heavy atom. The predicted molar refractivity (Wildman–Crippen MR) is 75.0 cm³/mol. The number of hydrogen-bond acceptors (Lipinski definition) is 3. The first-order valence-corrected chi connectivity index (χ1v) is 5.65. The summed E-state index contributed by atoms with van der Waals surface area (Å²) in [6.07, 6.45) is 1.89. The van der Waals surface area contributed by atoms with Crippen molar-refractivity contribution in [2.75, 3.05) is 18.1 Å². The van der Waals surface area contributed by atoms with Gasteiger partial charge in [0.2, 0.25) is 0 Å². The van der Waals surface area contributed by atoms with Gasteiger partial charge in [-0.15, -0.1) is 0 Å². The number of imidazole rings is 1. The van der Waals surface area contributed by atoms with E-state index < -0.39 is 0 Å². The molecule has 0 amide bonds. The molecule has 0 fully saturated rings. The molecule has 7 heteroatoms. The number of aromatic nitrogens is 2. The third-order valence-corrected chi connectivity index (χ3v) is 2.47. The van der Waals surface area contributed by atoms with E-state index in [2.05, 4.69) is 34.6 Å². The van der Waals surface area contributed by atoms with E-state index in [0.29, 0.717) is 0 Å². The van der Waals surface area contributed by atoms with Gasteiger partial charge in [0, 0.05) is 13.1 Å². The van der Waals surface area contributed by atoms with E-state index in [-0.39, 0.29) is 9.41 Å². The molecule has 2 aromatic rings. The Balaban J connectivity index is 0. The lowest BCUT2D eigenvalue weighted by Crippen LogP contribution is -2.33. The molecule has 0 unspecified atom stereocenters. The van der Waals surface area contributed by atoms with E-state index in [9.17, 15) is 0 Å². The second-order valence-electron chi connectivity index (χ2n) is 3.22. The summed E-state index contributed by atoms with van der Waals surface area (Å²) >= 11 is 1.72. The monoisotopic (exact) mass is 279 g/mol. The van der Waals surface area contributed by atoms with Gasteiger partial charge in [0.05, 0.1) is 11.0 Å². The zero-order valence-corrected chi connectivity index (χ0v) is 11.4. The van der Waals surface area contributed by atoms with Crippen LogP contribution in [0.2, 0.25) is 0 Å². The molecule has 18 heavy (non-hydrogen) atoms. The Bertz CT molecular complexity index is 449. The minimum atomic E-state index is 0. The summed E-state index contributed by atoms with van der Waals surface area (Å²) in [4.78, 5) is 4.36. The molecule has 0 bridgehead atoms. The Morgan fingerprint density at radius 2 is 1.72 bits per heavy atom. The first kappa shape index (κ1) is 18.9. The number of nitrogens with zero attached hydrogens (tertiary/aromatic N) is 3. The summed E-state index contributed by atoms with van der Waals surface area (Å²) in [5, 5.41) is 2.25. The average Bonchev–Trinajstić information content (AvgIpc) is 2.78. The first-order chi connectivity index (χ1) is 7.86. The number of benzene rings is 1. The van der Waals surface area contributed by atoms with Gasteiger partial charge in [-0.05, 0) is 38.5 Å². The van der Waals surface area contributed by atoms with Crippen molar-refractivity contribution in [1.82, 2.24) is 9.66 Å². The molecule has 0 radical (unpaired) electrons. The highest BCUT2D eigenvalue weighted by Crippen LogP contribution is 2.11. The molecule has 1 aromatic heterocycles. The smallest absolute Gasteiger partial charge is 0.116 e. The van der Waals surface area contributed by atoms with Crippen LogP contribution in [0.5, 0.6) is 0 Å². The van der Waals surface area contributed by atoms with Crippen LogP contribution in [0.3, 0.4) is 0 Å². The number of hydrogen-bond donors (Lipinski definition) is 0. The largest absolute Gasteiger partial charge is 0.312 e. The van der Waals surface area contributed by atoms with E-state index in [0.717, 1.165) is 18.6 Å². The maximum atomic E-state index is 8.06. The molecule has 0 aliphatic carbocycles. The molecule has 1 heterocycles. The summed E-state index contributed by atoms with van der Waals surface area (Å²) in [6, 6.07) is 8.20. The van der Waals surface area contributed by atoms with Crippen LogP contribution in [0.15, 0.2) is 30.6 Å². The second-order valence-corrected chi connectivity index (χ2v) is 3.22. The van der Waals surface area contributed by atoms with Crippen molar-refractivity contribution < 1.29 is 13.6 Å². The Labute approximate surface area is 110 Å². The van der Waals surface area contributed by atoms with Crippen molar-refractivity contribution in [1.29, 1.82) is 0 Å². The lowest BCUT2D eigenvalue weighted by molar-refractivity contribution is 0.635. The SMILES string of the molecule is CCN(CC)n1cnc2ccccc21.F.F.O=[SH2]. The van der Waals surface area contributed by atoms with Gasteiger partial charge >= 0.3 is 0 Å². The third kappa shape index (κ3) is 3.76. The van der Waals surface area contributed by atoms with Crippen molar-refractivity contribution in [2.24, 2.45) is 0 Å². The molecule has 0 saturated carbocycles. The summed E-state index contributed by atoms with van der Waals surface area (Å²) in [5.41, 5.74) is 2.23. The van der Waals surface area contributed by atoms with E-state index in [1.807, 2.05) is 24.5 Å². The quantitative estimate of drug-likeness (QED) is 0.853. The van der Waals surface area contributed by atoms with Crippen LogP contribution in [0.4, 0.5) is 9.41 Å². The topological polar surface area (TPSA) is 38.1 Å². The Morgan fingerprint density at radius 3 is 2.28 bits per heavy atom. The van der Waals surface area contributed by atoms with Crippen LogP contribution < -0.4 is 5.01 Å². The van der Waals surface area contributed by atoms with Crippen molar-refractivity contribution in [3.63, 3.8) is 0 Å². The summed E-state index contributed by atoms with van der Waals surface area (Å²) in [7, 11) is 0. The minimum absolute atomic E-state index is 0. The summed E-state index contributed by atoms with van der Waals surface area (Å²) in [6.45, 7) is 6.30. The molecule has 0 aliphatic heterocycles. The summed E-state index contributed by atoms with van der Waals surface area (Å²) < 4.78 is 10.2. The fourth-order valence-corrected chi connectivity index (χ4v) is 1.70. The highest BCUT2D eigenvalue weighted by molar-refractivity contribution is 7.44. The second kappa shape index (κ2) is 9.52. The molecule has 0 N–H and O–H groups in total. The highest BCUT2D eigenvalue weighted by atomic mass is 32.1. The molecule has 4 nitrogen and oxygen atoms in total. The van der Waals surface area contributed by atoms with Gasteiger partial charge in [0.25, 0.3) is 0 Å². The van der Waals surface area contributed by atoms with Gasteiger partial charge in [-0.25, -0.2) is 9.66 Å². The Kier molecular flexibility index (Phi) is 9.97. The minimum Gasteiger partial charge on any atom is -0.312 e. The fourth-order valence-electron chi connectivity index (χ4n) is 1.70. The highest BCUT2D eigenvalue weighted by Gasteiger charge is 2.05. The lowest BCUT2D eigenvalue weighted by Gasteiger charge is -2.22. The average molecular weight is 279 g/mol. The Hall–Kier alpha value is -1.50. The number of halogens is 2. The third-order valence-electron chi connectivity index (χ3n) is 2.47. The molecular formula is C11H19F2N3OS. The number of fused-ring (bicyclic) bond motifs is 1. The van der Waals surface area contributed by atoms with Crippen molar-refractivity contribution in [3.05, 3.63) is 30.6 Å². The molecule has 104 valence electrons. The molecule has 0 saturated heterocycles. The molecule has 0 aliphatic rings. The van der Waals surface area contributed by atoms with Gasteiger partial charge in [-0.1, -0.05) is 12.1 Å². The van der Waals surface area contributed by atoms with Gasteiger partial charge in [-0.2, -0.15) is 0 Å². The molecule has 0 atom stereocenters.